The summed E-state index contributed by atoms with van der Waals surface area (Å²) in [6, 6.07) is 11.7. The highest BCUT2D eigenvalue weighted by atomic mass is 19.1. The predicted molar refractivity (Wildman–Crippen MR) is 114 cm³/mol. The number of imide groups is 1. The molecule has 8 heteroatoms. The van der Waals surface area contributed by atoms with Crippen molar-refractivity contribution in [3.05, 3.63) is 65.5 Å². The Morgan fingerprint density at radius 2 is 1.90 bits per heavy atom. The van der Waals surface area contributed by atoms with Crippen molar-refractivity contribution in [1.29, 1.82) is 0 Å². The van der Waals surface area contributed by atoms with E-state index in [4.69, 9.17) is 0 Å². The van der Waals surface area contributed by atoms with E-state index in [-0.39, 0.29) is 36.8 Å². The SMILES string of the molecule is Cc1ccccc1NC(=O)CN1C(=O)N(Cc2ccc(F)cc2)C(=O)C2NCCCC21. The molecule has 2 aliphatic heterocycles. The fourth-order valence-electron chi connectivity index (χ4n) is 4.18. The van der Waals surface area contributed by atoms with Gasteiger partial charge in [0, 0.05) is 5.69 Å². The first-order valence-corrected chi connectivity index (χ1v) is 10.4. The number of nitrogens with zero attached hydrogens (tertiary/aromatic N) is 2. The summed E-state index contributed by atoms with van der Waals surface area (Å²) >= 11 is 0. The summed E-state index contributed by atoms with van der Waals surface area (Å²) in [6.45, 7) is 2.45. The van der Waals surface area contributed by atoms with Crippen LogP contribution in [0, 0.1) is 12.7 Å². The van der Waals surface area contributed by atoms with Crippen LogP contribution in [0.15, 0.2) is 48.5 Å². The fraction of sp³-hybridized carbons (Fsp3) is 0.348. The quantitative estimate of drug-likeness (QED) is 0.773. The minimum absolute atomic E-state index is 0.0265. The van der Waals surface area contributed by atoms with Crippen molar-refractivity contribution < 1.29 is 18.8 Å². The largest absolute Gasteiger partial charge is 0.327 e. The van der Waals surface area contributed by atoms with Crippen LogP contribution in [-0.4, -0.2) is 52.8 Å². The van der Waals surface area contributed by atoms with E-state index in [0.29, 0.717) is 24.2 Å². The molecule has 2 unspecified atom stereocenters. The maximum atomic E-state index is 13.3. The van der Waals surface area contributed by atoms with Gasteiger partial charge in [0.15, 0.2) is 0 Å². The van der Waals surface area contributed by atoms with Crippen LogP contribution in [0.2, 0.25) is 0 Å². The Bertz CT molecular complexity index is 995. The summed E-state index contributed by atoms with van der Waals surface area (Å²) in [5.74, 6) is -1.01. The number of hydrogen-bond acceptors (Lipinski definition) is 4. The van der Waals surface area contributed by atoms with Gasteiger partial charge in [-0.15, -0.1) is 0 Å². The molecule has 2 aromatic rings. The van der Waals surface area contributed by atoms with E-state index in [1.807, 2.05) is 25.1 Å². The van der Waals surface area contributed by atoms with Crippen LogP contribution < -0.4 is 10.6 Å². The molecule has 0 spiro atoms. The minimum atomic E-state index is -0.557. The number of fused-ring (bicyclic) bond motifs is 1. The topological polar surface area (TPSA) is 81.8 Å². The molecule has 2 N–H and O–H groups in total. The summed E-state index contributed by atoms with van der Waals surface area (Å²) < 4.78 is 13.2. The van der Waals surface area contributed by atoms with Gasteiger partial charge in [-0.1, -0.05) is 30.3 Å². The van der Waals surface area contributed by atoms with E-state index >= 15 is 0 Å². The summed E-state index contributed by atoms with van der Waals surface area (Å²) in [5, 5.41) is 6.06. The Hall–Kier alpha value is -3.26. The molecular weight excluding hydrogens is 399 g/mol. The Kier molecular flexibility index (Phi) is 5.99. The number of para-hydroxylation sites is 1. The molecule has 2 saturated heterocycles. The van der Waals surface area contributed by atoms with E-state index in [0.717, 1.165) is 16.9 Å². The van der Waals surface area contributed by atoms with Crippen molar-refractivity contribution >= 4 is 23.5 Å². The fourth-order valence-corrected chi connectivity index (χ4v) is 4.18. The number of urea groups is 1. The van der Waals surface area contributed by atoms with Gasteiger partial charge in [0.05, 0.1) is 12.6 Å². The molecular formula is C23H25FN4O3. The second-order valence-electron chi connectivity index (χ2n) is 7.97. The van der Waals surface area contributed by atoms with Gasteiger partial charge in [-0.2, -0.15) is 0 Å². The summed E-state index contributed by atoms with van der Waals surface area (Å²) in [6.07, 6.45) is 1.47. The highest BCUT2D eigenvalue weighted by Gasteiger charge is 2.47. The minimum Gasteiger partial charge on any atom is -0.324 e. The molecule has 0 aromatic heterocycles. The smallest absolute Gasteiger partial charge is 0.324 e. The van der Waals surface area contributed by atoms with Crippen molar-refractivity contribution in [2.24, 2.45) is 0 Å². The second-order valence-corrected chi connectivity index (χ2v) is 7.97. The number of anilines is 1. The van der Waals surface area contributed by atoms with E-state index < -0.39 is 12.1 Å². The number of rotatable bonds is 5. The van der Waals surface area contributed by atoms with Crippen LogP contribution in [0.3, 0.4) is 0 Å². The lowest BCUT2D eigenvalue weighted by molar-refractivity contribution is -0.138. The van der Waals surface area contributed by atoms with Gasteiger partial charge >= 0.3 is 6.03 Å². The molecule has 0 radical (unpaired) electrons. The maximum absolute atomic E-state index is 13.3. The van der Waals surface area contributed by atoms with Gasteiger partial charge in [0.1, 0.15) is 18.4 Å². The average Bonchev–Trinajstić information content (AvgIpc) is 2.77. The van der Waals surface area contributed by atoms with Crippen LogP contribution >= 0.6 is 0 Å². The molecule has 7 nitrogen and oxygen atoms in total. The number of carbonyl (C=O) groups is 3. The number of aryl methyl sites for hydroxylation is 1. The Balaban J connectivity index is 1.55. The molecule has 0 bridgehead atoms. The normalized spacial score (nSPS) is 21.1. The Labute approximate surface area is 180 Å². The van der Waals surface area contributed by atoms with Crippen LogP contribution in [-0.2, 0) is 16.1 Å². The molecule has 31 heavy (non-hydrogen) atoms. The summed E-state index contributed by atoms with van der Waals surface area (Å²) in [4.78, 5) is 41.7. The molecule has 2 fully saturated rings. The zero-order valence-electron chi connectivity index (χ0n) is 17.3. The van der Waals surface area contributed by atoms with Crippen LogP contribution in [0.5, 0.6) is 0 Å². The van der Waals surface area contributed by atoms with E-state index in [1.54, 1.807) is 18.2 Å². The maximum Gasteiger partial charge on any atom is 0.327 e. The number of halogens is 1. The number of piperidine rings is 1. The summed E-state index contributed by atoms with van der Waals surface area (Å²) in [7, 11) is 0. The van der Waals surface area contributed by atoms with Gasteiger partial charge in [0.2, 0.25) is 11.8 Å². The lowest BCUT2D eigenvalue weighted by atomic mass is 9.93. The van der Waals surface area contributed by atoms with Gasteiger partial charge in [-0.25, -0.2) is 9.18 Å². The highest BCUT2D eigenvalue weighted by Crippen LogP contribution is 2.26. The first kappa shape index (κ1) is 21.0. The number of carbonyl (C=O) groups excluding carboxylic acids is 3. The van der Waals surface area contributed by atoms with Gasteiger partial charge in [-0.3, -0.25) is 14.5 Å². The molecule has 4 amide bonds. The Morgan fingerprint density at radius 1 is 1.16 bits per heavy atom. The first-order chi connectivity index (χ1) is 14.9. The third-order valence-corrected chi connectivity index (χ3v) is 5.82. The highest BCUT2D eigenvalue weighted by molar-refractivity contribution is 6.03. The number of benzene rings is 2. The number of hydrogen-bond donors (Lipinski definition) is 2. The average molecular weight is 424 g/mol. The van der Waals surface area contributed by atoms with Gasteiger partial charge in [-0.05, 0) is 55.6 Å². The van der Waals surface area contributed by atoms with Crippen molar-refractivity contribution in [2.45, 2.75) is 38.4 Å². The first-order valence-electron chi connectivity index (χ1n) is 10.4. The van der Waals surface area contributed by atoms with E-state index in [9.17, 15) is 18.8 Å². The van der Waals surface area contributed by atoms with Crippen LogP contribution in [0.1, 0.15) is 24.0 Å². The standard InChI is InChI=1S/C23H25FN4O3/c1-15-5-2-3-6-18(15)26-20(29)14-27-19-7-4-12-25-21(19)22(30)28(23(27)31)13-16-8-10-17(24)11-9-16/h2-3,5-6,8-11,19,21,25H,4,7,12-14H2,1H3,(H,26,29). The molecule has 2 aromatic carbocycles. The third kappa shape index (κ3) is 4.44. The van der Waals surface area contributed by atoms with E-state index in [2.05, 4.69) is 10.6 Å². The molecule has 4 rings (SSSR count). The lowest BCUT2D eigenvalue weighted by Gasteiger charge is -2.46. The predicted octanol–water partition coefficient (Wildman–Crippen LogP) is 2.66. The van der Waals surface area contributed by atoms with Gasteiger partial charge < -0.3 is 15.5 Å². The molecule has 2 atom stereocenters. The number of amides is 4. The van der Waals surface area contributed by atoms with Crippen LogP contribution in [0.25, 0.3) is 0 Å². The molecule has 2 aliphatic rings. The second kappa shape index (κ2) is 8.85. The molecule has 162 valence electrons. The third-order valence-electron chi connectivity index (χ3n) is 5.82. The number of nitrogens with one attached hydrogen (secondary N) is 2. The van der Waals surface area contributed by atoms with Gasteiger partial charge in [0.25, 0.3) is 0 Å². The molecule has 2 heterocycles. The zero-order valence-corrected chi connectivity index (χ0v) is 17.3. The van der Waals surface area contributed by atoms with Crippen LogP contribution in [0.4, 0.5) is 14.9 Å². The monoisotopic (exact) mass is 424 g/mol. The van der Waals surface area contributed by atoms with Crippen molar-refractivity contribution in [1.82, 2.24) is 15.1 Å². The van der Waals surface area contributed by atoms with E-state index in [1.165, 1.54) is 17.0 Å². The summed E-state index contributed by atoms with van der Waals surface area (Å²) in [5.41, 5.74) is 2.25. The van der Waals surface area contributed by atoms with Crippen molar-refractivity contribution in [3.8, 4) is 0 Å². The van der Waals surface area contributed by atoms with Crippen molar-refractivity contribution in [2.75, 3.05) is 18.4 Å². The zero-order chi connectivity index (χ0) is 22.0. The molecule has 0 saturated carbocycles. The van der Waals surface area contributed by atoms with Crippen molar-refractivity contribution in [3.63, 3.8) is 0 Å². The molecule has 0 aliphatic carbocycles. The lowest BCUT2D eigenvalue weighted by Crippen LogP contribution is -2.70. The Morgan fingerprint density at radius 3 is 2.65 bits per heavy atom.